The van der Waals surface area contributed by atoms with Crippen LogP contribution in [0.4, 0.5) is 0 Å². The number of unbranched alkanes of at least 4 members (excludes halogenated alkanes) is 1. The zero-order chi connectivity index (χ0) is 24.7. The van der Waals surface area contributed by atoms with Crippen LogP contribution < -0.4 is 0 Å². The summed E-state index contributed by atoms with van der Waals surface area (Å²) in [4.78, 5) is 14.2. The molecular weight excluding hydrogens is 468 g/mol. The molecule has 1 aromatic carbocycles. The van der Waals surface area contributed by atoms with Crippen molar-refractivity contribution in [3.63, 3.8) is 0 Å². The fourth-order valence-electron chi connectivity index (χ4n) is 5.83. The van der Waals surface area contributed by atoms with Gasteiger partial charge in [-0.1, -0.05) is 24.4 Å². The van der Waals surface area contributed by atoms with Crippen LogP contribution in [0.5, 0.6) is 0 Å². The van der Waals surface area contributed by atoms with Gasteiger partial charge in [0.25, 0.3) is 0 Å². The van der Waals surface area contributed by atoms with Gasteiger partial charge in [0.2, 0.25) is 5.89 Å². The van der Waals surface area contributed by atoms with Crippen molar-refractivity contribution >= 4 is 11.6 Å². The number of hydrogen-bond donors (Lipinski definition) is 0. The van der Waals surface area contributed by atoms with Crippen molar-refractivity contribution in [2.75, 3.05) is 32.7 Å². The molecule has 2 fully saturated rings. The summed E-state index contributed by atoms with van der Waals surface area (Å²) in [5, 5.41) is 0.728. The molecule has 3 aromatic rings. The minimum Gasteiger partial charge on any atom is -0.441 e. The smallest absolute Gasteiger partial charge is 0.226 e. The summed E-state index contributed by atoms with van der Waals surface area (Å²) in [6.07, 6.45) is 13.1. The summed E-state index contributed by atoms with van der Waals surface area (Å²) in [6.45, 7) is 8.98. The Morgan fingerprint density at radius 2 is 1.58 bits per heavy atom. The number of likely N-dealkylation sites (tertiary alicyclic amines) is 2. The van der Waals surface area contributed by atoms with E-state index in [0.29, 0.717) is 5.89 Å². The molecule has 4 heterocycles. The standard InChI is InChI=1S/C30H39ClN4O/c1-23-29(33-30(36-23)27-5-7-28(31)8-6-27)22-35-18-11-24(12-19-35)4-2-3-17-34-20-13-26(14-21-34)25-9-15-32-16-10-25/h5-10,15-16,24,26H,2-4,11-14,17-22H2,1H3. The number of benzene rings is 1. The molecule has 0 saturated carbocycles. The van der Waals surface area contributed by atoms with Gasteiger partial charge in [0.15, 0.2) is 0 Å². The quantitative estimate of drug-likeness (QED) is 0.293. The molecule has 0 bridgehead atoms. The van der Waals surface area contributed by atoms with Crippen LogP contribution in [0.1, 0.15) is 67.9 Å². The minimum absolute atomic E-state index is 0.690. The third kappa shape index (κ3) is 6.76. The Bertz CT molecular complexity index is 1070. The predicted molar refractivity (Wildman–Crippen MR) is 146 cm³/mol. The number of nitrogens with zero attached hydrogens (tertiary/aromatic N) is 4. The second-order valence-electron chi connectivity index (χ2n) is 10.6. The fraction of sp³-hybridized carbons (Fsp3) is 0.533. The lowest BCUT2D eigenvalue weighted by Gasteiger charge is -2.33. The van der Waals surface area contributed by atoms with Crippen molar-refractivity contribution in [1.29, 1.82) is 0 Å². The van der Waals surface area contributed by atoms with Crippen LogP contribution in [0.2, 0.25) is 5.02 Å². The van der Waals surface area contributed by atoms with E-state index in [2.05, 4.69) is 26.9 Å². The van der Waals surface area contributed by atoms with Crippen LogP contribution in [0, 0.1) is 12.8 Å². The molecule has 0 aliphatic carbocycles. The first-order chi connectivity index (χ1) is 17.6. The molecule has 2 aliphatic rings. The summed E-state index contributed by atoms with van der Waals surface area (Å²) in [6, 6.07) is 12.1. The van der Waals surface area contributed by atoms with Crippen LogP contribution in [-0.2, 0) is 6.54 Å². The zero-order valence-corrected chi connectivity index (χ0v) is 22.3. The monoisotopic (exact) mass is 506 g/mol. The Balaban J connectivity index is 0.977. The van der Waals surface area contributed by atoms with Gasteiger partial charge in [0.1, 0.15) is 5.76 Å². The Morgan fingerprint density at radius 3 is 2.31 bits per heavy atom. The average molecular weight is 507 g/mol. The number of rotatable bonds is 9. The van der Waals surface area contributed by atoms with Crippen molar-refractivity contribution in [2.24, 2.45) is 5.92 Å². The van der Waals surface area contributed by atoms with Crippen LogP contribution >= 0.6 is 11.6 Å². The van der Waals surface area contributed by atoms with Crippen LogP contribution in [0.25, 0.3) is 11.5 Å². The number of aromatic nitrogens is 2. The normalized spacial score (nSPS) is 18.6. The van der Waals surface area contributed by atoms with Crippen molar-refractivity contribution in [1.82, 2.24) is 19.8 Å². The Hall–Kier alpha value is -2.21. The van der Waals surface area contributed by atoms with Crippen molar-refractivity contribution in [3.8, 4) is 11.5 Å². The first-order valence-corrected chi connectivity index (χ1v) is 14.1. The molecule has 0 N–H and O–H groups in total. The second-order valence-corrected chi connectivity index (χ2v) is 11.1. The average Bonchev–Trinajstić information content (AvgIpc) is 3.28. The molecule has 5 rings (SSSR count). The van der Waals surface area contributed by atoms with E-state index in [4.69, 9.17) is 21.0 Å². The number of hydrogen-bond acceptors (Lipinski definition) is 5. The van der Waals surface area contributed by atoms with Gasteiger partial charge in [-0.2, -0.15) is 0 Å². The van der Waals surface area contributed by atoms with E-state index >= 15 is 0 Å². The zero-order valence-electron chi connectivity index (χ0n) is 21.5. The highest BCUT2D eigenvalue weighted by Gasteiger charge is 2.23. The summed E-state index contributed by atoms with van der Waals surface area (Å²) in [7, 11) is 0. The molecule has 0 unspecified atom stereocenters. The third-order valence-corrected chi connectivity index (χ3v) is 8.42. The first-order valence-electron chi connectivity index (χ1n) is 13.7. The summed E-state index contributed by atoms with van der Waals surface area (Å²) in [5.74, 6) is 3.21. The molecule has 2 aromatic heterocycles. The van der Waals surface area contributed by atoms with E-state index < -0.39 is 0 Å². The maximum Gasteiger partial charge on any atom is 0.226 e. The molecule has 6 heteroatoms. The summed E-state index contributed by atoms with van der Waals surface area (Å²) >= 11 is 6.01. The number of halogens is 1. The number of oxazole rings is 1. The maximum atomic E-state index is 6.01. The van der Waals surface area contributed by atoms with Gasteiger partial charge >= 0.3 is 0 Å². The van der Waals surface area contributed by atoms with E-state index in [1.165, 1.54) is 70.1 Å². The predicted octanol–water partition coefficient (Wildman–Crippen LogP) is 6.96. The van der Waals surface area contributed by atoms with Gasteiger partial charge in [-0.3, -0.25) is 9.88 Å². The SMILES string of the molecule is Cc1oc(-c2ccc(Cl)cc2)nc1CN1CCC(CCCCN2CCC(c3ccncc3)CC2)CC1. The summed E-state index contributed by atoms with van der Waals surface area (Å²) in [5.41, 5.74) is 3.51. The van der Waals surface area contributed by atoms with Gasteiger partial charge in [-0.05, 0) is 126 Å². The lowest BCUT2D eigenvalue weighted by molar-refractivity contribution is 0.165. The molecule has 2 saturated heterocycles. The van der Waals surface area contributed by atoms with Crippen LogP contribution in [-0.4, -0.2) is 52.5 Å². The van der Waals surface area contributed by atoms with Gasteiger partial charge in [0.05, 0.1) is 5.69 Å². The molecule has 36 heavy (non-hydrogen) atoms. The van der Waals surface area contributed by atoms with Gasteiger partial charge in [0, 0.05) is 29.5 Å². The Morgan fingerprint density at radius 1 is 0.889 bits per heavy atom. The van der Waals surface area contributed by atoms with E-state index in [1.807, 2.05) is 43.6 Å². The molecule has 0 amide bonds. The fourth-order valence-corrected chi connectivity index (χ4v) is 5.96. The molecule has 5 nitrogen and oxygen atoms in total. The minimum atomic E-state index is 0.690. The van der Waals surface area contributed by atoms with Crippen LogP contribution in [0.3, 0.4) is 0 Å². The van der Waals surface area contributed by atoms with Crippen molar-refractivity contribution in [2.45, 2.75) is 64.3 Å². The van der Waals surface area contributed by atoms with E-state index in [1.54, 1.807) is 0 Å². The molecule has 0 atom stereocenters. The number of aryl methyl sites for hydroxylation is 1. The summed E-state index contributed by atoms with van der Waals surface area (Å²) < 4.78 is 5.96. The molecule has 192 valence electrons. The highest BCUT2D eigenvalue weighted by molar-refractivity contribution is 6.30. The molecule has 0 spiro atoms. The molecule has 0 radical (unpaired) electrons. The van der Waals surface area contributed by atoms with Gasteiger partial charge < -0.3 is 9.32 Å². The second kappa shape index (κ2) is 12.4. The number of pyridine rings is 1. The van der Waals surface area contributed by atoms with Crippen LogP contribution in [0.15, 0.2) is 53.2 Å². The van der Waals surface area contributed by atoms with E-state index in [-0.39, 0.29) is 0 Å². The molecule has 2 aliphatic heterocycles. The maximum absolute atomic E-state index is 6.01. The van der Waals surface area contributed by atoms with E-state index in [9.17, 15) is 0 Å². The Labute approximate surface area is 220 Å². The van der Waals surface area contributed by atoms with Gasteiger partial charge in [-0.25, -0.2) is 4.98 Å². The highest BCUT2D eigenvalue weighted by atomic mass is 35.5. The Kier molecular flexibility index (Phi) is 8.73. The van der Waals surface area contributed by atoms with E-state index in [0.717, 1.165) is 53.5 Å². The van der Waals surface area contributed by atoms with Crippen molar-refractivity contribution in [3.05, 3.63) is 70.8 Å². The lowest BCUT2D eigenvalue weighted by Crippen LogP contribution is -2.34. The lowest BCUT2D eigenvalue weighted by atomic mass is 9.89. The molecular formula is C30H39ClN4O. The topological polar surface area (TPSA) is 45.4 Å². The highest BCUT2D eigenvalue weighted by Crippen LogP contribution is 2.29. The van der Waals surface area contributed by atoms with Crippen molar-refractivity contribution < 1.29 is 4.42 Å². The first kappa shape index (κ1) is 25.4. The largest absolute Gasteiger partial charge is 0.441 e. The number of piperidine rings is 2. The van der Waals surface area contributed by atoms with Gasteiger partial charge in [-0.15, -0.1) is 0 Å². The third-order valence-electron chi connectivity index (χ3n) is 8.17.